The van der Waals surface area contributed by atoms with Crippen molar-refractivity contribution in [3.05, 3.63) is 58.0 Å². The number of phenols is 1. The number of amides is 1. The highest BCUT2D eigenvalue weighted by Crippen LogP contribution is 2.53. The predicted molar refractivity (Wildman–Crippen MR) is 139 cm³/mol. The number of likely N-dealkylation sites (N-methyl/N-ethyl adjacent to an activating group) is 1. The molecule has 40 heavy (non-hydrogen) atoms. The van der Waals surface area contributed by atoms with E-state index in [2.05, 4.69) is 11.9 Å². The summed E-state index contributed by atoms with van der Waals surface area (Å²) in [6.45, 7) is 3.85. The Hall–Kier alpha value is -3.77. The molecule has 1 amide bonds. The highest BCUT2D eigenvalue weighted by atomic mass is 19.1. The number of halogens is 2. The maximum absolute atomic E-state index is 15.4. The van der Waals surface area contributed by atoms with E-state index in [4.69, 9.17) is 5.73 Å². The maximum atomic E-state index is 15.4. The second-order valence-electron chi connectivity index (χ2n) is 11.4. The molecule has 1 aromatic rings. The molecule has 4 aliphatic rings. The van der Waals surface area contributed by atoms with Crippen LogP contribution in [-0.4, -0.2) is 74.7 Å². The molecule has 0 radical (unpaired) electrons. The second-order valence-corrected chi connectivity index (χ2v) is 11.4. The number of carbonyl (C=O) groups is 3. The SMILES string of the molecule is C=C(CC1CC(F)C1)Nc1cc(F)c2c(c1O)C(=O)C1=C(O)[C@]3(O)C(=O)C(C(N)=O)=C(O)[C@@H](N(C)C)[C@@H]3C[C@@H]1C2. The lowest BCUT2D eigenvalue weighted by Crippen LogP contribution is -2.63. The van der Waals surface area contributed by atoms with Crippen LogP contribution in [0.3, 0.4) is 0 Å². The molecule has 0 aliphatic heterocycles. The number of allylic oxidation sites excluding steroid dienone is 2. The van der Waals surface area contributed by atoms with E-state index >= 15 is 4.39 Å². The number of benzene rings is 1. The molecule has 5 rings (SSSR count). The Morgan fingerprint density at radius 1 is 1.23 bits per heavy atom. The number of anilines is 1. The second kappa shape index (κ2) is 9.41. The zero-order valence-corrected chi connectivity index (χ0v) is 22.0. The number of Topliss-reactive ketones (excluding diaryl/α,β-unsaturated/α-hetero) is 2. The Labute approximate surface area is 228 Å². The monoisotopic (exact) mass is 559 g/mol. The summed E-state index contributed by atoms with van der Waals surface area (Å²) in [5.74, 6) is -8.80. The van der Waals surface area contributed by atoms with Crippen LogP contribution >= 0.6 is 0 Å². The number of alkyl halides is 1. The number of nitrogens with zero attached hydrogens (tertiary/aromatic N) is 1. The van der Waals surface area contributed by atoms with Crippen molar-refractivity contribution >= 4 is 23.2 Å². The Morgan fingerprint density at radius 2 is 1.88 bits per heavy atom. The summed E-state index contributed by atoms with van der Waals surface area (Å²) in [7, 11) is 3.04. The van der Waals surface area contributed by atoms with Crippen LogP contribution in [0.1, 0.15) is 41.6 Å². The number of hydrogen-bond donors (Lipinski definition) is 6. The third kappa shape index (κ3) is 3.92. The Morgan fingerprint density at radius 3 is 2.45 bits per heavy atom. The van der Waals surface area contributed by atoms with Gasteiger partial charge in [0.2, 0.25) is 5.78 Å². The summed E-state index contributed by atoms with van der Waals surface area (Å²) in [6.07, 6.45) is -0.0337. The number of ketones is 2. The molecule has 4 aliphatic carbocycles. The van der Waals surface area contributed by atoms with E-state index in [0.29, 0.717) is 25.0 Å². The van der Waals surface area contributed by atoms with Crippen LogP contribution in [0.25, 0.3) is 0 Å². The summed E-state index contributed by atoms with van der Waals surface area (Å²) in [6, 6.07) is -0.107. The summed E-state index contributed by atoms with van der Waals surface area (Å²) in [5, 5.41) is 47.5. The van der Waals surface area contributed by atoms with Crippen LogP contribution < -0.4 is 11.1 Å². The molecule has 1 saturated carbocycles. The highest BCUT2D eigenvalue weighted by molar-refractivity contribution is 6.24. The van der Waals surface area contributed by atoms with Gasteiger partial charge in [-0.2, -0.15) is 0 Å². The molecule has 1 aromatic carbocycles. The Bertz CT molecular complexity index is 1430. The van der Waals surface area contributed by atoms with E-state index in [1.165, 1.54) is 19.0 Å². The van der Waals surface area contributed by atoms with E-state index in [9.17, 15) is 39.2 Å². The minimum atomic E-state index is -2.78. The third-order valence-corrected chi connectivity index (χ3v) is 8.69. The van der Waals surface area contributed by atoms with Crippen LogP contribution in [0.5, 0.6) is 5.75 Å². The number of aliphatic hydroxyl groups is 3. The van der Waals surface area contributed by atoms with Crippen molar-refractivity contribution in [2.45, 2.75) is 49.9 Å². The van der Waals surface area contributed by atoms with Gasteiger partial charge in [0.1, 0.15) is 29.1 Å². The topological polar surface area (TPSA) is 173 Å². The Balaban J connectivity index is 1.57. The fourth-order valence-corrected chi connectivity index (χ4v) is 6.78. The number of aliphatic hydroxyl groups excluding tert-OH is 2. The highest BCUT2D eigenvalue weighted by Gasteiger charge is 2.63. The van der Waals surface area contributed by atoms with E-state index < -0.39 is 86.9 Å². The molecule has 0 heterocycles. The average Bonchev–Trinajstić information content (AvgIpc) is 2.83. The largest absolute Gasteiger partial charge is 0.510 e. The number of nitrogens with two attached hydrogens (primary N) is 1. The van der Waals surface area contributed by atoms with Gasteiger partial charge in [0.05, 0.1) is 17.3 Å². The first-order valence-corrected chi connectivity index (χ1v) is 13.0. The molecule has 0 unspecified atom stereocenters. The molecule has 214 valence electrons. The van der Waals surface area contributed by atoms with Crippen molar-refractivity contribution in [1.82, 2.24) is 4.90 Å². The minimum Gasteiger partial charge on any atom is -0.510 e. The number of nitrogens with one attached hydrogen (secondary N) is 1. The summed E-state index contributed by atoms with van der Waals surface area (Å²) >= 11 is 0. The summed E-state index contributed by atoms with van der Waals surface area (Å²) in [4.78, 5) is 40.6. The molecule has 4 atom stereocenters. The molecule has 12 heteroatoms. The first-order chi connectivity index (χ1) is 18.7. The smallest absolute Gasteiger partial charge is 0.255 e. The van der Waals surface area contributed by atoms with Crippen LogP contribution in [-0.2, 0) is 16.0 Å². The zero-order chi connectivity index (χ0) is 29.4. The van der Waals surface area contributed by atoms with Crippen LogP contribution in [0.4, 0.5) is 14.5 Å². The van der Waals surface area contributed by atoms with Crippen LogP contribution in [0.15, 0.2) is 41.0 Å². The molecule has 1 fully saturated rings. The van der Waals surface area contributed by atoms with E-state index in [1.807, 2.05) is 0 Å². The van der Waals surface area contributed by atoms with Gasteiger partial charge in [-0.25, -0.2) is 8.78 Å². The molecule has 10 nitrogen and oxygen atoms in total. The number of phenolic OH excluding ortho intramolecular Hbond substituents is 1. The molecule has 0 bridgehead atoms. The number of rotatable bonds is 6. The molecule has 0 saturated heterocycles. The van der Waals surface area contributed by atoms with Crippen molar-refractivity contribution in [2.24, 2.45) is 23.5 Å². The van der Waals surface area contributed by atoms with Crippen LogP contribution in [0.2, 0.25) is 0 Å². The normalized spacial score (nSPS) is 31.4. The van der Waals surface area contributed by atoms with Gasteiger partial charge in [-0.1, -0.05) is 6.58 Å². The fraction of sp³-hybridized carbons (Fsp3) is 0.464. The summed E-state index contributed by atoms with van der Waals surface area (Å²) in [5.41, 5.74) is 0.948. The number of aromatic hydroxyl groups is 1. The lowest BCUT2D eigenvalue weighted by atomic mass is 9.58. The number of carbonyl (C=O) groups excluding carboxylic acids is 3. The number of primary amides is 1. The van der Waals surface area contributed by atoms with E-state index in [1.54, 1.807) is 0 Å². The standard InChI is InChI=1S/C28H31F2N3O7/c1-10(4-11-5-13(29)6-11)32-17-9-16(30)14-7-12-8-15-21(33(2)3)24(36)20(27(31)39)26(38)28(15,40)25(37)18(12)23(35)19(14)22(17)34/h9,11-13,15,21,32,34,36-37,40H,1,4-8H2,2-3H3,(H2,31,39)/t11?,12-,13?,15-,21-,28-/m0/s1. The molecule has 7 N–H and O–H groups in total. The van der Waals surface area contributed by atoms with Crippen molar-refractivity contribution in [2.75, 3.05) is 19.4 Å². The summed E-state index contributed by atoms with van der Waals surface area (Å²) < 4.78 is 28.6. The number of fused-ring (bicyclic) bond motifs is 3. The van der Waals surface area contributed by atoms with Crippen molar-refractivity contribution in [3.8, 4) is 5.75 Å². The average molecular weight is 560 g/mol. The van der Waals surface area contributed by atoms with E-state index in [0.717, 1.165) is 6.07 Å². The third-order valence-electron chi connectivity index (χ3n) is 8.69. The van der Waals surface area contributed by atoms with Crippen LogP contribution in [0, 0.1) is 23.6 Å². The molecular weight excluding hydrogens is 528 g/mol. The quantitative estimate of drug-likeness (QED) is 0.226. The molecule has 0 aromatic heterocycles. The first kappa shape index (κ1) is 27.8. The van der Waals surface area contributed by atoms with Crippen molar-refractivity contribution < 1.29 is 43.6 Å². The van der Waals surface area contributed by atoms with Gasteiger partial charge in [0, 0.05) is 28.8 Å². The predicted octanol–water partition coefficient (Wildman–Crippen LogP) is 2.32. The number of hydrogen-bond acceptors (Lipinski definition) is 9. The Kier molecular flexibility index (Phi) is 6.54. The van der Waals surface area contributed by atoms with Gasteiger partial charge in [0.15, 0.2) is 17.1 Å². The lowest BCUT2D eigenvalue weighted by molar-refractivity contribution is -0.148. The lowest BCUT2D eigenvalue weighted by Gasteiger charge is -2.50. The van der Waals surface area contributed by atoms with Gasteiger partial charge in [0.25, 0.3) is 5.91 Å². The minimum absolute atomic E-state index is 0.0536. The van der Waals surface area contributed by atoms with E-state index in [-0.39, 0.29) is 30.0 Å². The van der Waals surface area contributed by atoms with Gasteiger partial charge >= 0.3 is 0 Å². The molecular formula is C28H31F2N3O7. The first-order valence-electron chi connectivity index (χ1n) is 13.0. The van der Waals surface area contributed by atoms with Gasteiger partial charge in [-0.05, 0) is 58.0 Å². The maximum Gasteiger partial charge on any atom is 0.255 e. The fourth-order valence-electron chi connectivity index (χ4n) is 6.78. The van der Waals surface area contributed by atoms with Gasteiger partial charge in [-0.3, -0.25) is 19.3 Å². The van der Waals surface area contributed by atoms with Gasteiger partial charge in [-0.15, -0.1) is 0 Å². The van der Waals surface area contributed by atoms with Crippen molar-refractivity contribution in [3.63, 3.8) is 0 Å². The van der Waals surface area contributed by atoms with Gasteiger partial charge < -0.3 is 31.5 Å². The molecule has 0 spiro atoms. The van der Waals surface area contributed by atoms with Crippen molar-refractivity contribution in [1.29, 1.82) is 0 Å². The zero-order valence-electron chi connectivity index (χ0n) is 22.0.